The zero-order valence-corrected chi connectivity index (χ0v) is 17.1. The number of fused-ring (bicyclic) bond motifs is 1. The van der Waals surface area contributed by atoms with Crippen LogP contribution in [-0.2, 0) is 29.3 Å². The van der Waals surface area contributed by atoms with Gasteiger partial charge in [-0.3, -0.25) is 4.79 Å². The summed E-state index contributed by atoms with van der Waals surface area (Å²) >= 11 is 1.58. The Kier molecular flexibility index (Phi) is 6.64. The molecule has 0 spiro atoms. The highest BCUT2D eigenvalue weighted by molar-refractivity contribution is 7.18. The molecule has 6 nitrogen and oxygen atoms in total. The minimum Gasteiger partial charge on any atom is -0.473 e. The molecule has 4 aromatic rings. The van der Waals surface area contributed by atoms with Crippen LogP contribution in [0.2, 0.25) is 0 Å². The summed E-state index contributed by atoms with van der Waals surface area (Å²) in [4.78, 5) is 20.8. The van der Waals surface area contributed by atoms with E-state index in [0.29, 0.717) is 25.6 Å². The van der Waals surface area contributed by atoms with E-state index in [4.69, 9.17) is 9.47 Å². The van der Waals surface area contributed by atoms with Gasteiger partial charge >= 0.3 is 0 Å². The van der Waals surface area contributed by atoms with Crippen LogP contribution in [0.15, 0.2) is 72.9 Å². The van der Waals surface area contributed by atoms with Crippen LogP contribution in [0.5, 0.6) is 5.88 Å². The number of para-hydroxylation sites is 1. The fourth-order valence-corrected chi connectivity index (χ4v) is 3.74. The zero-order chi connectivity index (χ0) is 20.6. The average Bonchev–Trinajstić information content (AvgIpc) is 3.20. The van der Waals surface area contributed by atoms with Crippen LogP contribution in [-0.4, -0.2) is 22.5 Å². The summed E-state index contributed by atoms with van der Waals surface area (Å²) < 4.78 is 12.3. The first kappa shape index (κ1) is 20.0. The van der Waals surface area contributed by atoms with Crippen LogP contribution in [0.25, 0.3) is 10.2 Å². The van der Waals surface area contributed by atoms with Gasteiger partial charge in [-0.2, -0.15) is 0 Å². The van der Waals surface area contributed by atoms with E-state index in [9.17, 15) is 4.79 Å². The van der Waals surface area contributed by atoms with Crippen molar-refractivity contribution in [3.63, 3.8) is 0 Å². The van der Waals surface area contributed by atoms with Gasteiger partial charge in [0.2, 0.25) is 11.8 Å². The average molecular weight is 420 g/mol. The van der Waals surface area contributed by atoms with Crippen LogP contribution in [0.4, 0.5) is 0 Å². The first-order chi connectivity index (χ1) is 14.8. The molecule has 2 aromatic carbocycles. The summed E-state index contributed by atoms with van der Waals surface area (Å²) in [5, 5.41) is 3.71. The normalized spacial score (nSPS) is 10.8. The van der Waals surface area contributed by atoms with Crippen molar-refractivity contribution in [1.29, 1.82) is 0 Å². The molecular formula is C23H21N3O3S. The maximum absolute atomic E-state index is 12.1. The van der Waals surface area contributed by atoms with E-state index in [0.717, 1.165) is 26.4 Å². The Hall–Kier alpha value is -3.29. The molecule has 0 saturated heterocycles. The molecule has 30 heavy (non-hydrogen) atoms. The number of benzene rings is 2. The Morgan fingerprint density at radius 1 is 0.967 bits per heavy atom. The SMILES string of the molecule is O=C(COCc1nc2ccccc2s1)NCc1ccnc(OCc2ccccc2)c1. The first-order valence-electron chi connectivity index (χ1n) is 9.57. The van der Waals surface area contributed by atoms with Gasteiger partial charge < -0.3 is 14.8 Å². The molecule has 0 bridgehead atoms. The van der Waals surface area contributed by atoms with Crippen molar-refractivity contribution < 1.29 is 14.3 Å². The van der Waals surface area contributed by atoms with Gasteiger partial charge in [-0.1, -0.05) is 42.5 Å². The quantitative estimate of drug-likeness (QED) is 0.442. The molecule has 0 atom stereocenters. The summed E-state index contributed by atoms with van der Waals surface area (Å²) in [6.07, 6.45) is 1.67. The lowest BCUT2D eigenvalue weighted by Crippen LogP contribution is -2.27. The van der Waals surface area contributed by atoms with Gasteiger partial charge in [0, 0.05) is 18.8 Å². The highest BCUT2D eigenvalue weighted by Crippen LogP contribution is 2.21. The summed E-state index contributed by atoms with van der Waals surface area (Å²) in [5.41, 5.74) is 2.93. The molecule has 0 unspecified atom stereocenters. The number of aromatic nitrogens is 2. The molecule has 0 aliphatic carbocycles. The van der Waals surface area contributed by atoms with Crippen molar-refractivity contribution >= 4 is 27.5 Å². The maximum Gasteiger partial charge on any atom is 0.246 e. The third-order valence-corrected chi connectivity index (χ3v) is 5.33. The van der Waals surface area contributed by atoms with Gasteiger partial charge in [0.05, 0.1) is 16.8 Å². The van der Waals surface area contributed by atoms with E-state index in [1.54, 1.807) is 17.5 Å². The summed E-state index contributed by atoms with van der Waals surface area (Å²) in [6, 6.07) is 21.5. The number of rotatable bonds is 9. The van der Waals surface area contributed by atoms with Crippen molar-refractivity contribution in [3.8, 4) is 5.88 Å². The molecule has 1 N–H and O–H groups in total. The van der Waals surface area contributed by atoms with Gasteiger partial charge in [-0.25, -0.2) is 9.97 Å². The van der Waals surface area contributed by atoms with Gasteiger partial charge in [0.1, 0.15) is 18.2 Å². The number of thiazole rings is 1. The lowest BCUT2D eigenvalue weighted by atomic mass is 10.2. The number of nitrogens with one attached hydrogen (secondary N) is 1. The molecule has 0 saturated carbocycles. The maximum atomic E-state index is 12.1. The van der Waals surface area contributed by atoms with E-state index < -0.39 is 0 Å². The molecule has 152 valence electrons. The number of nitrogens with zero attached hydrogens (tertiary/aromatic N) is 2. The fraction of sp³-hybridized carbons (Fsp3) is 0.174. The molecule has 0 radical (unpaired) electrons. The van der Waals surface area contributed by atoms with Crippen LogP contribution >= 0.6 is 11.3 Å². The summed E-state index contributed by atoms with van der Waals surface area (Å²) in [5.74, 6) is 0.345. The Morgan fingerprint density at radius 3 is 2.67 bits per heavy atom. The molecule has 4 rings (SSSR count). The zero-order valence-electron chi connectivity index (χ0n) is 16.3. The second kappa shape index (κ2) is 9.96. The van der Waals surface area contributed by atoms with E-state index in [2.05, 4.69) is 15.3 Å². The van der Waals surface area contributed by atoms with E-state index in [-0.39, 0.29) is 12.5 Å². The highest BCUT2D eigenvalue weighted by atomic mass is 32.1. The molecule has 2 aromatic heterocycles. The second-order valence-corrected chi connectivity index (χ2v) is 7.74. The Balaban J connectivity index is 1.20. The lowest BCUT2D eigenvalue weighted by molar-refractivity contribution is -0.126. The smallest absolute Gasteiger partial charge is 0.246 e. The third-order valence-electron chi connectivity index (χ3n) is 4.32. The molecule has 7 heteroatoms. The van der Waals surface area contributed by atoms with E-state index in [1.165, 1.54) is 0 Å². The summed E-state index contributed by atoms with van der Waals surface area (Å²) in [6.45, 7) is 1.13. The third kappa shape index (κ3) is 5.62. The molecule has 1 amide bonds. The minimum atomic E-state index is -0.181. The van der Waals surface area contributed by atoms with Crippen LogP contribution in [0.3, 0.4) is 0 Å². The molecule has 0 aliphatic heterocycles. The Bertz CT molecular complexity index is 1080. The number of pyridine rings is 1. The Morgan fingerprint density at radius 2 is 1.80 bits per heavy atom. The highest BCUT2D eigenvalue weighted by Gasteiger charge is 2.07. The van der Waals surface area contributed by atoms with Crippen molar-refractivity contribution in [2.45, 2.75) is 19.8 Å². The van der Waals surface area contributed by atoms with Crippen molar-refractivity contribution in [2.75, 3.05) is 6.61 Å². The Labute approximate surface area is 178 Å². The minimum absolute atomic E-state index is 0.0155. The number of amides is 1. The second-order valence-electron chi connectivity index (χ2n) is 6.62. The number of hydrogen-bond acceptors (Lipinski definition) is 6. The van der Waals surface area contributed by atoms with Gasteiger partial charge in [0.15, 0.2) is 0 Å². The number of ether oxygens (including phenoxy) is 2. The largest absolute Gasteiger partial charge is 0.473 e. The fourth-order valence-electron chi connectivity index (χ4n) is 2.84. The van der Waals surface area contributed by atoms with Crippen molar-refractivity contribution in [2.24, 2.45) is 0 Å². The number of hydrogen-bond donors (Lipinski definition) is 1. The van der Waals surface area contributed by atoms with Crippen LogP contribution in [0, 0.1) is 0 Å². The van der Waals surface area contributed by atoms with Gasteiger partial charge in [0.25, 0.3) is 0 Å². The van der Waals surface area contributed by atoms with Gasteiger partial charge in [-0.15, -0.1) is 11.3 Å². The standard InChI is InChI=1S/C23H21N3O3S/c27-21(15-28-16-23-26-19-8-4-5-9-20(19)30-23)25-13-18-10-11-24-22(12-18)29-14-17-6-2-1-3-7-17/h1-12H,13-16H2,(H,25,27). The molecule has 0 aliphatic rings. The van der Waals surface area contributed by atoms with E-state index >= 15 is 0 Å². The van der Waals surface area contributed by atoms with Crippen LogP contribution < -0.4 is 10.1 Å². The summed E-state index contributed by atoms with van der Waals surface area (Å²) in [7, 11) is 0. The van der Waals surface area contributed by atoms with Crippen molar-refractivity contribution in [3.05, 3.63) is 89.1 Å². The van der Waals surface area contributed by atoms with Crippen molar-refractivity contribution in [1.82, 2.24) is 15.3 Å². The number of carbonyl (C=O) groups excluding carboxylic acids is 1. The molecular weight excluding hydrogens is 398 g/mol. The van der Waals surface area contributed by atoms with Gasteiger partial charge in [-0.05, 0) is 29.3 Å². The molecule has 0 fully saturated rings. The topological polar surface area (TPSA) is 73.3 Å². The monoisotopic (exact) mass is 419 g/mol. The van der Waals surface area contributed by atoms with Crippen LogP contribution in [0.1, 0.15) is 16.1 Å². The lowest BCUT2D eigenvalue weighted by Gasteiger charge is -2.08. The van der Waals surface area contributed by atoms with E-state index in [1.807, 2.05) is 66.7 Å². The predicted molar refractivity (Wildman–Crippen MR) is 116 cm³/mol. The number of carbonyl (C=O) groups is 1. The first-order valence-corrected chi connectivity index (χ1v) is 10.4. The predicted octanol–water partition coefficient (Wildman–Crippen LogP) is 4.10. The molecule has 2 heterocycles.